The Morgan fingerprint density at radius 3 is 2.61 bits per heavy atom. The number of hydrogen-bond acceptors (Lipinski definition) is 3. The number of nitrogens with zero attached hydrogens (tertiary/aromatic N) is 1. The van der Waals surface area contributed by atoms with Crippen molar-refractivity contribution in [1.82, 2.24) is 4.90 Å². The van der Waals surface area contributed by atoms with Gasteiger partial charge in [0.1, 0.15) is 0 Å². The Morgan fingerprint density at radius 2 is 2.06 bits per heavy atom. The zero-order chi connectivity index (χ0) is 13.3. The summed E-state index contributed by atoms with van der Waals surface area (Å²) in [5.41, 5.74) is 0.433. The number of aliphatic carboxylic acids is 1. The van der Waals surface area contributed by atoms with E-state index in [-0.39, 0.29) is 24.3 Å². The molecule has 5 nitrogen and oxygen atoms in total. The first-order valence-corrected chi connectivity index (χ1v) is 6.27. The summed E-state index contributed by atoms with van der Waals surface area (Å²) < 4.78 is 0. The molecule has 0 radical (unpaired) electrons. The Hall–Kier alpha value is -1.65. The molecule has 2 atom stereocenters. The molecule has 2 rings (SSSR count). The first-order chi connectivity index (χ1) is 8.50. The summed E-state index contributed by atoms with van der Waals surface area (Å²) in [6.07, 6.45) is 4.61. The molecule has 0 bridgehead atoms. The quantitative estimate of drug-likeness (QED) is 0.765. The second-order valence-electron chi connectivity index (χ2n) is 5.07. The summed E-state index contributed by atoms with van der Waals surface area (Å²) in [6, 6.07) is 0. The van der Waals surface area contributed by atoms with E-state index in [4.69, 9.17) is 5.11 Å². The van der Waals surface area contributed by atoms with Crippen LogP contribution in [0.15, 0.2) is 11.6 Å². The van der Waals surface area contributed by atoms with Crippen LogP contribution < -0.4 is 0 Å². The van der Waals surface area contributed by atoms with E-state index in [1.54, 1.807) is 6.92 Å². The number of hydrogen-bond donors (Lipinski definition) is 1. The van der Waals surface area contributed by atoms with Gasteiger partial charge in [-0.15, -0.1) is 0 Å². The minimum absolute atomic E-state index is 0.108. The lowest BCUT2D eigenvalue weighted by atomic mass is 9.79. The predicted octanol–water partition coefficient (Wildman–Crippen LogP) is 1.19. The maximum Gasteiger partial charge on any atom is 0.306 e. The topological polar surface area (TPSA) is 74.7 Å². The molecule has 0 aromatic carbocycles. The van der Waals surface area contributed by atoms with E-state index >= 15 is 0 Å². The van der Waals surface area contributed by atoms with E-state index < -0.39 is 11.9 Å². The van der Waals surface area contributed by atoms with E-state index in [2.05, 4.69) is 0 Å². The van der Waals surface area contributed by atoms with E-state index in [9.17, 15) is 14.4 Å². The highest BCUT2D eigenvalue weighted by Crippen LogP contribution is 2.31. The molecule has 0 aromatic rings. The van der Waals surface area contributed by atoms with Gasteiger partial charge in [-0.2, -0.15) is 0 Å². The highest BCUT2D eigenvalue weighted by Gasteiger charge is 2.36. The average molecular weight is 251 g/mol. The summed E-state index contributed by atoms with van der Waals surface area (Å²) in [5.74, 6) is -1.95. The molecule has 18 heavy (non-hydrogen) atoms. The van der Waals surface area contributed by atoms with E-state index in [1.165, 1.54) is 11.0 Å². The van der Waals surface area contributed by atoms with Crippen LogP contribution in [0.2, 0.25) is 0 Å². The molecule has 0 saturated heterocycles. The zero-order valence-electron chi connectivity index (χ0n) is 10.4. The first-order valence-electron chi connectivity index (χ1n) is 6.27. The maximum absolute atomic E-state index is 11.8. The number of rotatable bonds is 3. The molecule has 1 fully saturated rings. The van der Waals surface area contributed by atoms with Crippen molar-refractivity contribution in [3.05, 3.63) is 11.6 Å². The zero-order valence-corrected chi connectivity index (χ0v) is 10.4. The third-order valence-corrected chi connectivity index (χ3v) is 3.83. The van der Waals surface area contributed by atoms with Gasteiger partial charge in [-0.1, -0.05) is 12.8 Å². The smallest absolute Gasteiger partial charge is 0.306 e. The lowest BCUT2D eigenvalue weighted by molar-refractivity contribution is -0.148. The molecule has 98 valence electrons. The highest BCUT2D eigenvalue weighted by atomic mass is 16.4. The van der Waals surface area contributed by atoms with E-state index in [1.807, 2.05) is 0 Å². The molecular weight excluding hydrogens is 234 g/mol. The third-order valence-electron chi connectivity index (χ3n) is 3.83. The van der Waals surface area contributed by atoms with E-state index in [0.717, 1.165) is 19.3 Å². The van der Waals surface area contributed by atoms with Crippen LogP contribution in [0.5, 0.6) is 0 Å². The van der Waals surface area contributed by atoms with Crippen molar-refractivity contribution >= 4 is 17.8 Å². The molecular formula is C13H17NO4. The fourth-order valence-corrected chi connectivity index (χ4v) is 2.80. The standard InChI is InChI=1S/C13H17NO4/c1-8-6-11(15)14(12(8)16)7-9-4-2-3-5-10(9)13(17)18/h6,9-10H,2-5,7H2,1H3,(H,17,18). The number of carboxylic acids is 1. The normalized spacial score (nSPS) is 28.5. The monoisotopic (exact) mass is 251 g/mol. The summed E-state index contributed by atoms with van der Waals surface area (Å²) in [6.45, 7) is 1.85. The highest BCUT2D eigenvalue weighted by molar-refractivity contribution is 6.15. The van der Waals surface area contributed by atoms with Crippen LogP contribution in [0, 0.1) is 11.8 Å². The molecule has 1 heterocycles. The Bertz CT molecular complexity index is 427. The van der Waals surface area contributed by atoms with Gasteiger partial charge in [0.2, 0.25) is 0 Å². The number of imide groups is 1. The Morgan fingerprint density at radius 1 is 1.39 bits per heavy atom. The van der Waals surface area contributed by atoms with Crippen molar-refractivity contribution < 1.29 is 19.5 Å². The summed E-state index contributed by atoms with van der Waals surface area (Å²) in [4.78, 5) is 35.7. The molecule has 2 unspecified atom stereocenters. The number of carbonyl (C=O) groups excluding carboxylic acids is 2. The van der Waals surface area contributed by atoms with Gasteiger partial charge in [0.15, 0.2) is 0 Å². The number of carbonyl (C=O) groups is 3. The molecule has 1 aliphatic heterocycles. The Balaban J connectivity index is 2.06. The number of carboxylic acid groups (broad SMARTS) is 1. The molecule has 5 heteroatoms. The lowest BCUT2D eigenvalue weighted by Gasteiger charge is -2.31. The van der Waals surface area contributed by atoms with Gasteiger partial charge in [0.05, 0.1) is 5.92 Å². The molecule has 0 aromatic heterocycles. The average Bonchev–Trinajstić information content (AvgIpc) is 2.56. The minimum atomic E-state index is -0.816. The summed E-state index contributed by atoms with van der Waals surface area (Å²) >= 11 is 0. The van der Waals surface area contributed by atoms with E-state index in [0.29, 0.717) is 12.0 Å². The molecule has 1 N–H and O–H groups in total. The lowest BCUT2D eigenvalue weighted by Crippen LogP contribution is -2.40. The van der Waals surface area contributed by atoms with Crippen LogP contribution >= 0.6 is 0 Å². The fourth-order valence-electron chi connectivity index (χ4n) is 2.80. The number of amides is 2. The van der Waals surface area contributed by atoms with Crippen molar-refractivity contribution in [2.24, 2.45) is 11.8 Å². The molecule has 1 saturated carbocycles. The van der Waals surface area contributed by atoms with Crippen LogP contribution in [0.1, 0.15) is 32.6 Å². The van der Waals surface area contributed by atoms with Crippen LogP contribution in [-0.2, 0) is 14.4 Å². The van der Waals surface area contributed by atoms with Gasteiger partial charge in [0, 0.05) is 18.2 Å². The van der Waals surface area contributed by atoms with Gasteiger partial charge in [-0.05, 0) is 25.7 Å². The second-order valence-corrected chi connectivity index (χ2v) is 5.07. The molecule has 1 aliphatic carbocycles. The van der Waals surface area contributed by atoms with Crippen molar-refractivity contribution in [1.29, 1.82) is 0 Å². The second kappa shape index (κ2) is 4.92. The van der Waals surface area contributed by atoms with Gasteiger partial charge >= 0.3 is 5.97 Å². The molecule has 2 amide bonds. The Labute approximate surface area is 105 Å². The SMILES string of the molecule is CC1=CC(=O)N(CC2CCCCC2C(=O)O)C1=O. The van der Waals surface area contributed by atoms with Gasteiger partial charge in [-0.3, -0.25) is 19.3 Å². The summed E-state index contributed by atoms with van der Waals surface area (Å²) in [7, 11) is 0. The Kier molecular flexibility index (Phi) is 3.50. The molecule has 0 spiro atoms. The predicted molar refractivity (Wildman–Crippen MR) is 63.6 cm³/mol. The molecule has 2 aliphatic rings. The van der Waals surface area contributed by atoms with Gasteiger partial charge in [0.25, 0.3) is 11.8 Å². The van der Waals surface area contributed by atoms with Crippen LogP contribution in [0.4, 0.5) is 0 Å². The van der Waals surface area contributed by atoms with Crippen LogP contribution in [0.3, 0.4) is 0 Å². The fraction of sp³-hybridized carbons (Fsp3) is 0.615. The van der Waals surface area contributed by atoms with Gasteiger partial charge in [-0.25, -0.2) is 0 Å². The van der Waals surface area contributed by atoms with Gasteiger partial charge < -0.3 is 5.11 Å². The van der Waals surface area contributed by atoms with Crippen LogP contribution in [-0.4, -0.2) is 34.3 Å². The van der Waals surface area contributed by atoms with Crippen LogP contribution in [0.25, 0.3) is 0 Å². The first kappa shape index (κ1) is 12.8. The third kappa shape index (κ3) is 2.30. The van der Waals surface area contributed by atoms with Crippen molar-refractivity contribution in [2.45, 2.75) is 32.6 Å². The maximum atomic E-state index is 11.8. The van der Waals surface area contributed by atoms with Crippen molar-refractivity contribution in [3.8, 4) is 0 Å². The van der Waals surface area contributed by atoms with Crippen molar-refractivity contribution in [3.63, 3.8) is 0 Å². The minimum Gasteiger partial charge on any atom is -0.481 e. The largest absolute Gasteiger partial charge is 0.481 e. The summed E-state index contributed by atoms with van der Waals surface area (Å²) in [5, 5.41) is 9.16. The van der Waals surface area contributed by atoms with Crippen molar-refractivity contribution in [2.75, 3.05) is 6.54 Å².